The third kappa shape index (κ3) is 1.27. The molecule has 4 aromatic rings. The van der Waals surface area contributed by atoms with E-state index in [1.54, 1.807) is 0 Å². The third-order valence-corrected chi connectivity index (χ3v) is 6.30. The van der Waals surface area contributed by atoms with E-state index in [0.29, 0.717) is 0 Å². The topological polar surface area (TPSA) is 21.2 Å². The van der Waals surface area contributed by atoms with Gasteiger partial charge < -0.3 is 0 Å². The first kappa shape index (κ1) is 13.7. The molecule has 0 N–H and O–H groups in total. The Morgan fingerprint density at radius 2 is 2.00 bits per heavy atom. The number of benzene rings is 1. The van der Waals surface area contributed by atoms with Gasteiger partial charge in [-0.05, 0) is 24.6 Å². The van der Waals surface area contributed by atoms with Gasteiger partial charge in [0.25, 0.3) is 5.65 Å². The fourth-order valence-corrected chi connectivity index (χ4v) is 4.47. The summed E-state index contributed by atoms with van der Waals surface area (Å²) in [7, 11) is 0. The predicted octanol–water partition coefficient (Wildman–Crippen LogP) is 4.12. The molecule has 0 spiro atoms. The lowest BCUT2D eigenvalue weighted by Gasteiger charge is -2.43. The number of rotatable bonds is 1. The molecule has 1 aromatic carbocycles. The van der Waals surface area contributed by atoms with Crippen LogP contribution in [0.25, 0.3) is 27.3 Å². The maximum absolute atomic E-state index is 4.35. The highest BCUT2D eigenvalue weighted by atomic mass is 15.2. The Balaban J connectivity index is 2.20. The average Bonchev–Trinajstić information content (AvgIpc) is 3.05. The molecule has 3 aromatic heterocycles. The van der Waals surface area contributed by atoms with Crippen LogP contribution in [-0.2, 0) is 11.0 Å². The Kier molecular flexibility index (Phi) is 2.31. The molecule has 0 bridgehead atoms. The Hall–Kier alpha value is -2.68. The highest BCUT2D eigenvalue weighted by Gasteiger charge is 2.51. The maximum Gasteiger partial charge on any atom is 0.295 e. The van der Waals surface area contributed by atoms with E-state index in [4.69, 9.17) is 0 Å². The van der Waals surface area contributed by atoms with E-state index in [9.17, 15) is 0 Å². The molecule has 0 saturated carbocycles. The Labute approximate surface area is 140 Å². The number of fused-ring (bicyclic) bond motifs is 3. The van der Waals surface area contributed by atoms with Crippen molar-refractivity contribution in [2.75, 3.05) is 0 Å². The van der Waals surface area contributed by atoms with Crippen LogP contribution in [0.3, 0.4) is 0 Å². The normalized spacial score (nSPS) is 21.8. The van der Waals surface area contributed by atoms with E-state index in [0.717, 1.165) is 5.52 Å². The van der Waals surface area contributed by atoms with Crippen LogP contribution in [0.1, 0.15) is 26.3 Å². The van der Waals surface area contributed by atoms with Crippen molar-refractivity contribution in [2.24, 2.45) is 0 Å². The Morgan fingerprint density at radius 3 is 2.79 bits per heavy atom. The molecule has 0 fully saturated rings. The smallest absolute Gasteiger partial charge is 0.260 e. The van der Waals surface area contributed by atoms with Crippen molar-refractivity contribution in [2.45, 2.75) is 31.7 Å². The molecule has 1 atom stereocenters. The van der Waals surface area contributed by atoms with Gasteiger partial charge in [-0.15, -0.1) is 0 Å². The van der Waals surface area contributed by atoms with Gasteiger partial charge in [-0.25, -0.2) is 4.57 Å². The molecule has 3 nitrogen and oxygen atoms in total. The fraction of sp³-hybridized carbons (Fsp3) is 0.238. The second-order valence-corrected chi connectivity index (χ2v) is 7.46. The zero-order valence-corrected chi connectivity index (χ0v) is 14.2. The predicted molar refractivity (Wildman–Crippen MR) is 97.3 cm³/mol. The summed E-state index contributed by atoms with van der Waals surface area (Å²) in [6, 6.07) is 8.79. The largest absolute Gasteiger partial charge is 0.295 e. The van der Waals surface area contributed by atoms with Gasteiger partial charge in [-0.1, -0.05) is 38.6 Å². The van der Waals surface area contributed by atoms with Gasteiger partial charge in [-0.3, -0.25) is 4.98 Å². The zero-order valence-electron chi connectivity index (χ0n) is 14.2. The number of pyridine rings is 2. The molecule has 3 heteroatoms. The molecule has 0 aliphatic carbocycles. The summed E-state index contributed by atoms with van der Waals surface area (Å²) in [5.41, 5.74) is 3.49. The molecule has 1 aliphatic heterocycles. The Morgan fingerprint density at radius 1 is 1.17 bits per heavy atom. The number of allylic oxidation sites excluding steroid dienone is 1. The van der Waals surface area contributed by atoms with Crippen molar-refractivity contribution in [3.8, 4) is 0 Å². The first-order chi connectivity index (χ1) is 11.5. The Bertz CT molecular complexity index is 1170. The summed E-state index contributed by atoms with van der Waals surface area (Å²) in [6.45, 7) is 11.1. The lowest BCUT2D eigenvalue weighted by molar-refractivity contribution is -0.735. The quantitative estimate of drug-likeness (QED) is 0.294. The molecular formula is C21H20N3+. The summed E-state index contributed by atoms with van der Waals surface area (Å²) in [5, 5.41) is 3.88. The van der Waals surface area contributed by atoms with Crippen LogP contribution in [0.5, 0.6) is 0 Å². The van der Waals surface area contributed by atoms with E-state index < -0.39 is 0 Å². The van der Waals surface area contributed by atoms with Gasteiger partial charge in [0.15, 0.2) is 5.52 Å². The summed E-state index contributed by atoms with van der Waals surface area (Å²) in [6.07, 6.45) is 10.3. The minimum Gasteiger partial charge on any atom is -0.260 e. The summed E-state index contributed by atoms with van der Waals surface area (Å²) < 4.78 is 4.65. The van der Waals surface area contributed by atoms with E-state index in [2.05, 4.69) is 84.0 Å². The van der Waals surface area contributed by atoms with Gasteiger partial charge in [-0.2, -0.15) is 4.40 Å². The number of imidazole rings is 1. The van der Waals surface area contributed by atoms with Crippen molar-refractivity contribution in [1.29, 1.82) is 0 Å². The molecular weight excluding hydrogens is 294 g/mol. The molecule has 5 rings (SSSR count). The first-order valence-corrected chi connectivity index (χ1v) is 8.36. The molecule has 4 heterocycles. The number of nitrogens with zero attached hydrogens (tertiary/aromatic N) is 3. The minimum atomic E-state index is -0.196. The van der Waals surface area contributed by atoms with Crippen LogP contribution in [0.4, 0.5) is 0 Å². The molecule has 1 unspecified atom stereocenters. The van der Waals surface area contributed by atoms with E-state index in [1.165, 1.54) is 27.4 Å². The fourth-order valence-electron chi connectivity index (χ4n) is 4.47. The molecule has 118 valence electrons. The minimum absolute atomic E-state index is 0.0610. The number of hydrogen-bond acceptors (Lipinski definition) is 1. The van der Waals surface area contributed by atoms with Crippen LogP contribution in [0, 0.1) is 0 Å². The van der Waals surface area contributed by atoms with Gasteiger partial charge >= 0.3 is 0 Å². The second kappa shape index (κ2) is 4.04. The lowest BCUT2D eigenvalue weighted by atomic mass is 9.65. The van der Waals surface area contributed by atoms with Crippen LogP contribution >= 0.6 is 0 Å². The lowest BCUT2D eigenvalue weighted by Crippen LogP contribution is -2.64. The zero-order chi connectivity index (χ0) is 16.7. The first-order valence-electron chi connectivity index (χ1n) is 8.36. The highest BCUT2D eigenvalue weighted by Crippen LogP contribution is 2.46. The van der Waals surface area contributed by atoms with Gasteiger partial charge in [0.05, 0.1) is 11.6 Å². The van der Waals surface area contributed by atoms with Crippen LogP contribution in [-0.4, -0.2) is 9.38 Å². The molecule has 0 amide bonds. The third-order valence-electron chi connectivity index (χ3n) is 6.30. The highest BCUT2D eigenvalue weighted by molar-refractivity contribution is 6.12. The molecule has 1 aliphatic rings. The average molecular weight is 314 g/mol. The van der Waals surface area contributed by atoms with Crippen molar-refractivity contribution in [3.05, 3.63) is 67.3 Å². The number of hydrogen-bond donors (Lipinski definition) is 0. The standard InChI is InChI=1S/C21H20N3/c1-5-21(4)20(2,3)16-8-6-7-15-14-9-10-22-13-17(14)23-11-12-24(21)19(23)18(15)16/h5-13H,1H2,2-4H3/q+1. The molecule has 0 saturated heterocycles. The van der Waals surface area contributed by atoms with Crippen molar-refractivity contribution in [3.63, 3.8) is 0 Å². The molecule has 0 radical (unpaired) electrons. The van der Waals surface area contributed by atoms with Crippen LogP contribution in [0.15, 0.2) is 61.7 Å². The SMILES string of the molecule is C=CC1(C)[n+]2ccn3c4cnccc4c4cccc(c4c32)C1(C)C. The van der Waals surface area contributed by atoms with Crippen LogP contribution in [0.2, 0.25) is 0 Å². The van der Waals surface area contributed by atoms with Gasteiger partial charge in [0.1, 0.15) is 17.9 Å². The summed E-state index contributed by atoms with van der Waals surface area (Å²) in [4.78, 5) is 4.35. The second-order valence-electron chi connectivity index (χ2n) is 7.46. The summed E-state index contributed by atoms with van der Waals surface area (Å²) >= 11 is 0. The maximum atomic E-state index is 4.35. The van der Waals surface area contributed by atoms with Crippen molar-refractivity contribution in [1.82, 2.24) is 9.38 Å². The monoisotopic (exact) mass is 314 g/mol. The molecule has 24 heavy (non-hydrogen) atoms. The van der Waals surface area contributed by atoms with E-state index >= 15 is 0 Å². The van der Waals surface area contributed by atoms with Gasteiger partial charge in [0.2, 0.25) is 0 Å². The summed E-state index contributed by atoms with van der Waals surface area (Å²) in [5.74, 6) is 0. The van der Waals surface area contributed by atoms with Crippen LogP contribution < -0.4 is 4.57 Å². The van der Waals surface area contributed by atoms with E-state index in [1.807, 2.05) is 12.4 Å². The van der Waals surface area contributed by atoms with Crippen molar-refractivity contribution < 1.29 is 4.57 Å². The number of aromatic nitrogens is 3. The van der Waals surface area contributed by atoms with Gasteiger partial charge in [0, 0.05) is 22.4 Å². The van der Waals surface area contributed by atoms with E-state index in [-0.39, 0.29) is 11.0 Å². The van der Waals surface area contributed by atoms with Crippen molar-refractivity contribution >= 4 is 27.3 Å².